The standard InChI is InChI=1S/C14H25NO3.ClH/c1-12(2)8-10(9-13(3,4)15(12)17)18-11(16)14(5)6-7-14;/h10,17H,6-9H2,1-5H3;1H. The van der Waals surface area contributed by atoms with Crippen LogP contribution in [-0.2, 0) is 9.53 Å². The molecule has 1 saturated carbocycles. The fraction of sp³-hybridized carbons (Fsp3) is 0.929. The highest BCUT2D eigenvalue weighted by Gasteiger charge is 2.50. The molecule has 1 heterocycles. The molecule has 19 heavy (non-hydrogen) atoms. The molecular weight excluding hydrogens is 266 g/mol. The summed E-state index contributed by atoms with van der Waals surface area (Å²) in [6, 6.07) is 0. The number of esters is 1. The van der Waals surface area contributed by atoms with Crippen molar-refractivity contribution in [1.82, 2.24) is 5.06 Å². The molecule has 1 N–H and O–H groups in total. The molecule has 1 aliphatic carbocycles. The first-order valence-electron chi connectivity index (χ1n) is 6.77. The van der Waals surface area contributed by atoms with Crippen LogP contribution in [0, 0.1) is 5.41 Å². The van der Waals surface area contributed by atoms with Gasteiger partial charge in [0.05, 0.1) is 5.41 Å². The van der Waals surface area contributed by atoms with E-state index in [0.717, 1.165) is 12.8 Å². The van der Waals surface area contributed by atoms with Gasteiger partial charge in [0, 0.05) is 23.9 Å². The molecule has 112 valence electrons. The zero-order chi connectivity index (χ0) is 13.8. The second-order valence-electron chi connectivity index (χ2n) is 7.43. The van der Waals surface area contributed by atoms with Crippen molar-refractivity contribution in [3.8, 4) is 0 Å². The normalized spacial score (nSPS) is 28.3. The fourth-order valence-corrected chi connectivity index (χ4v) is 2.95. The number of ether oxygens (including phenoxy) is 1. The van der Waals surface area contributed by atoms with Crippen LogP contribution in [0.25, 0.3) is 0 Å². The van der Waals surface area contributed by atoms with Crippen LogP contribution in [0.5, 0.6) is 0 Å². The Bertz CT molecular complexity index is 346. The first-order valence-corrected chi connectivity index (χ1v) is 6.77. The Kier molecular flexibility index (Phi) is 4.32. The maximum Gasteiger partial charge on any atom is 0.312 e. The van der Waals surface area contributed by atoms with Gasteiger partial charge in [0.2, 0.25) is 0 Å². The minimum Gasteiger partial charge on any atom is -0.462 e. The lowest BCUT2D eigenvalue weighted by molar-refractivity contribution is -0.260. The van der Waals surface area contributed by atoms with E-state index in [1.54, 1.807) is 0 Å². The Morgan fingerprint density at radius 3 is 1.89 bits per heavy atom. The number of nitrogens with zero attached hydrogens (tertiary/aromatic N) is 1. The summed E-state index contributed by atoms with van der Waals surface area (Å²) in [5, 5.41) is 11.6. The van der Waals surface area contributed by atoms with E-state index in [1.807, 2.05) is 34.6 Å². The first kappa shape index (κ1) is 16.7. The SMILES string of the molecule is CC1(C(=O)OC2CC(C)(C)N(O)C(C)(C)C2)CC1.Cl. The molecular formula is C14H26ClNO3. The van der Waals surface area contributed by atoms with Gasteiger partial charge in [0.25, 0.3) is 0 Å². The molecule has 0 aromatic heterocycles. The van der Waals surface area contributed by atoms with E-state index in [1.165, 1.54) is 5.06 Å². The molecule has 0 amide bonds. The molecule has 5 heteroatoms. The van der Waals surface area contributed by atoms with Gasteiger partial charge in [0.1, 0.15) is 6.10 Å². The number of halogens is 1. The van der Waals surface area contributed by atoms with Gasteiger partial charge in [-0.05, 0) is 47.5 Å². The summed E-state index contributed by atoms with van der Waals surface area (Å²) in [5.41, 5.74) is -0.959. The Morgan fingerprint density at radius 1 is 1.11 bits per heavy atom. The van der Waals surface area contributed by atoms with Crippen molar-refractivity contribution in [3.05, 3.63) is 0 Å². The quantitative estimate of drug-likeness (QED) is 0.794. The second-order valence-corrected chi connectivity index (χ2v) is 7.43. The Labute approximate surface area is 121 Å². The Balaban J connectivity index is 0.00000180. The summed E-state index contributed by atoms with van der Waals surface area (Å²) in [6.07, 6.45) is 3.14. The summed E-state index contributed by atoms with van der Waals surface area (Å²) >= 11 is 0. The molecule has 0 spiro atoms. The van der Waals surface area contributed by atoms with Crippen LogP contribution in [0.4, 0.5) is 0 Å². The third-order valence-corrected chi connectivity index (χ3v) is 4.37. The van der Waals surface area contributed by atoms with Gasteiger partial charge in [-0.3, -0.25) is 4.79 Å². The lowest BCUT2D eigenvalue weighted by Gasteiger charge is -2.51. The van der Waals surface area contributed by atoms with Crippen LogP contribution in [0.1, 0.15) is 60.3 Å². The van der Waals surface area contributed by atoms with E-state index in [2.05, 4.69) is 0 Å². The summed E-state index contributed by atoms with van der Waals surface area (Å²) in [4.78, 5) is 12.0. The minimum absolute atomic E-state index is 0. The smallest absolute Gasteiger partial charge is 0.312 e. The van der Waals surface area contributed by atoms with Gasteiger partial charge in [-0.15, -0.1) is 12.4 Å². The minimum atomic E-state index is -0.364. The number of hydrogen-bond acceptors (Lipinski definition) is 4. The third-order valence-electron chi connectivity index (χ3n) is 4.37. The summed E-state index contributed by atoms with van der Waals surface area (Å²) in [6.45, 7) is 9.88. The van der Waals surface area contributed by atoms with Crippen LogP contribution in [0.2, 0.25) is 0 Å². The zero-order valence-corrected chi connectivity index (χ0v) is 13.3. The maximum absolute atomic E-state index is 12.0. The molecule has 0 aromatic rings. The predicted molar refractivity (Wildman–Crippen MR) is 75.5 cm³/mol. The molecule has 4 nitrogen and oxygen atoms in total. The second kappa shape index (κ2) is 4.90. The topological polar surface area (TPSA) is 49.8 Å². The van der Waals surface area contributed by atoms with E-state index < -0.39 is 0 Å². The van der Waals surface area contributed by atoms with Crippen molar-refractivity contribution in [3.63, 3.8) is 0 Å². The average Bonchev–Trinajstić information content (AvgIpc) is 2.93. The van der Waals surface area contributed by atoms with Crippen LogP contribution < -0.4 is 0 Å². The number of rotatable bonds is 2. The highest BCUT2D eigenvalue weighted by molar-refractivity contribution is 5.85. The molecule has 0 bridgehead atoms. The Morgan fingerprint density at radius 2 is 1.53 bits per heavy atom. The molecule has 2 aliphatic rings. The molecule has 1 saturated heterocycles. The van der Waals surface area contributed by atoms with Gasteiger partial charge >= 0.3 is 5.97 Å². The van der Waals surface area contributed by atoms with Crippen molar-refractivity contribution in [2.24, 2.45) is 5.41 Å². The van der Waals surface area contributed by atoms with Crippen LogP contribution in [0.15, 0.2) is 0 Å². The maximum atomic E-state index is 12.0. The number of hydrogen-bond donors (Lipinski definition) is 1. The van der Waals surface area contributed by atoms with Crippen molar-refractivity contribution in [1.29, 1.82) is 0 Å². The molecule has 0 radical (unpaired) electrons. The molecule has 2 rings (SSSR count). The van der Waals surface area contributed by atoms with Crippen molar-refractivity contribution in [2.75, 3.05) is 0 Å². The number of carbonyl (C=O) groups excluding carboxylic acids is 1. The number of hydroxylamine groups is 2. The molecule has 0 unspecified atom stereocenters. The van der Waals surface area contributed by atoms with Gasteiger partial charge in [0.15, 0.2) is 0 Å². The monoisotopic (exact) mass is 291 g/mol. The summed E-state index contributed by atoms with van der Waals surface area (Å²) in [7, 11) is 0. The van der Waals surface area contributed by atoms with E-state index >= 15 is 0 Å². The Hall–Kier alpha value is -0.320. The van der Waals surface area contributed by atoms with E-state index in [-0.39, 0.29) is 41.0 Å². The summed E-state index contributed by atoms with van der Waals surface area (Å²) < 4.78 is 5.66. The average molecular weight is 292 g/mol. The lowest BCUT2D eigenvalue weighted by atomic mass is 9.80. The van der Waals surface area contributed by atoms with Gasteiger partial charge in [-0.25, -0.2) is 0 Å². The van der Waals surface area contributed by atoms with Crippen LogP contribution in [0.3, 0.4) is 0 Å². The first-order chi connectivity index (χ1) is 8.07. The number of carbonyl (C=O) groups is 1. The summed E-state index contributed by atoms with van der Waals surface area (Å²) in [5.74, 6) is -0.0644. The number of piperidine rings is 1. The van der Waals surface area contributed by atoms with Gasteiger partial charge < -0.3 is 9.94 Å². The van der Waals surface area contributed by atoms with Crippen molar-refractivity contribution >= 4 is 18.4 Å². The van der Waals surface area contributed by atoms with Crippen LogP contribution >= 0.6 is 12.4 Å². The molecule has 2 fully saturated rings. The fourth-order valence-electron chi connectivity index (χ4n) is 2.95. The van der Waals surface area contributed by atoms with Crippen molar-refractivity contribution in [2.45, 2.75) is 77.5 Å². The largest absolute Gasteiger partial charge is 0.462 e. The van der Waals surface area contributed by atoms with Crippen molar-refractivity contribution < 1.29 is 14.7 Å². The molecule has 1 aliphatic heterocycles. The highest BCUT2D eigenvalue weighted by Crippen LogP contribution is 2.47. The van der Waals surface area contributed by atoms with E-state index in [4.69, 9.17) is 4.74 Å². The van der Waals surface area contributed by atoms with E-state index in [0.29, 0.717) is 12.8 Å². The predicted octanol–water partition coefficient (Wildman–Crippen LogP) is 3.16. The molecule has 0 aromatic carbocycles. The van der Waals surface area contributed by atoms with Gasteiger partial charge in [-0.2, -0.15) is 5.06 Å². The van der Waals surface area contributed by atoms with E-state index in [9.17, 15) is 10.0 Å². The zero-order valence-electron chi connectivity index (χ0n) is 12.5. The highest BCUT2D eigenvalue weighted by atomic mass is 35.5. The third kappa shape index (κ3) is 3.23. The van der Waals surface area contributed by atoms with Gasteiger partial charge in [-0.1, -0.05) is 0 Å². The lowest BCUT2D eigenvalue weighted by Crippen LogP contribution is -2.60. The molecule has 0 atom stereocenters. The van der Waals surface area contributed by atoms with Crippen LogP contribution in [-0.4, -0.2) is 33.4 Å².